The molecule has 2 aromatic carbocycles. The summed E-state index contributed by atoms with van der Waals surface area (Å²) in [5, 5.41) is 20.2. The zero-order valence-corrected chi connectivity index (χ0v) is 19.0. The van der Waals surface area contributed by atoms with Crippen LogP contribution >= 0.6 is 11.8 Å². The monoisotopic (exact) mass is 465 g/mol. The average molecular weight is 466 g/mol. The van der Waals surface area contributed by atoms with E-state index in [1.807, 2.05) is 18.2 Å². The number of rotatable bonds is 10. The number of aromatic nitrogens is 4. The highest BCUT2D eigenvalue weighted by atomic mass is 32.2. The Bertz CT molecular complexity index is 1320. The normalized spacial score (nSPS) is 11.2. The Morgan fingerprint density at radius 3 is 2.61 bits per heavy atom. The minimum atomic E-state index is -0.460. The highest BCUT2D eigenvalue weighted by Crippen LogP contribution is 2.25. The van der Waals surface area contributed by atoms with E-state index >= 15 is 0 Å². The summed E-state index contributed by atoms with van der Waals surface area (Å²) >= 11 is 1.37. The lowest BCUT2D eigenvalue weighted by molar-refractivity contribution is -0.384. The molecule has 0 unspecified atom stereocenters. The van der Waals surface area contributed by atoms with E-state index in [-0.39, 0.29) is 17.1 Å². The van der Waals surface area contributed by atoms with Crippen molar-refractivity contribution in [2.24, 2.45) is 0 Å². The Labute approximate surface area is 194 Å². The molecular weight excluding hydrogens is 442 g/mol. The second kappa shape index (κ2) is 10.4. The van der Waals surface area contributed by atoms with Gasteiger partial charge < -0.3 is 4.42 Å². The van der Waals surface area contributed by atoms with Crippen LogP contribution in [0, 0.1) is 10.1 Å². The van der Waals surface area contributed by atoms with Crippen LogP contribution in [0.4, 0.5) is 5.69 Å². The van der Waals surface area contributed by atoms with Gasteiger partial charge in [0.1, 0.15) is 0 Å². The molecule has 10 heteroatoms. The molecule has 0 aliphatic heterocycles. The highest BCUT2D eigenvalue weighted by Gasteiger charge is 2.15. The molecule has 0 spiro atoms. The zero-order valence-electron chi connectivity index (χ0n) is 18.1. The van der Waals surface area contributed by atoms with Crippen molar-refractivity contribution < 1.29 is 9.34 Å². The van der Waals surface area contributed by atoms with Crippen LogP contribution in [0.25, 0.3) is 22.4 Å². The van der Waals surface area contributed by atoms with Gasteiger partial charge in [-0.05, 0) is 30.7 Å². The Kier molecular flexibility index (Phi) is 7.13. The van der Waals surface area contributed by atoms with Gasteiger partial charge in [0.2, 0.25) is 11.8 Å². The molecule has 0 saturated heterocycles. The molecule has 0 bridgehead atoms. The standard InChI is InChI=1S/C23H23N5O4S/c1-2-3-4-7-14-27-22(29)18-8-5-6-9-19(18)24-23(27)33-15-20-25-26-21(32-20)16-10-12-17(13-11-16)28(30)31/h5-6,8-13H,2-4,7,14-15H2,1H3. The molecule has 0 N–H and O–H groups in total. The number of non-ortho nitro benzene ring substituents is 1. The maximum absolute atomic E-state index is 13.1. The first-order valence-corrected chi connectivity index (χ1v) is 11.7. The van der Waals surface area contributed by atoms with Crippen molar-refractivity contribution in [2.75, 3.05) is 0 Å². The van der Waals surface area contributed by atoms with Crippen molar-refractivity contribution >= 4 is 28.4 Å². The smallest absolute Gasteiger partial charge is 0.269 e. The maximum atomic E-state index is 13.1. The van der Waals surface area contributed by atoms with Crippen LogP contribution in [0.15, 0.2) is 62.9 Å². The summed E-state index contributed by atoms with van der Waals surface area (Å²) in [4.78, 5) is 28.2. The first-order chi connectivity index (χ1) is 16.1. The van der Waals surface area contributed by atoms with E-state index in [0.29, 0.717) is 39.8 Å². The molecule has 0 atom stereocenters. The van der Waals surface area contributed by atoms with E-state index < -0.39 is 4.92 Å². The molecule has 4 rings (SSSR count). The number of unbranched alkanes of at least 4 members (excludes halogenated alkanes) is 3. The molecule has 0 saturated carbocycles. The summed E-state index contributed by atoms with van der Waals surface area (Å²) < 4.78 is 7.47. The van der Waals surface area contributed by atoms with E-state index in [9.17, 15) is 14.9 Å². The van der Waals surface area contributed by atoms with Crippen molar-refractivity contribution in [3.8, 4) is 11.5 Å². The Morgan fingerprint density at radius 1 is 1.06 bits per heavy atom. The van der Waals surface area contributed by atoms with Crippen molar-refractivity contribution in [3.05, 3.63) is 74.9 Å². The predicted octanol–water partition coefficient (Wildman–Crippen LogP) is 5.23. The van der Waals surface area contributed by atoms with Gasteiger partial charge in [-0.1, -0.05) is 50.1 Å². The topological polar surface area (TPSA) is 117 Å². The molecule has 4 aromatic rings. The third-order valence-electron chi connectivity index (χ3n) is 5.18. The van der Waals surface area contributed by atoms with Crippen LogP contribution < -0.4 is 5.56 Å². The van der Waals surface area contributed by atoms with Crippen LogP contribution in [0.1, 0.15) is 38.5 Å². The van der Waals surface area contributed by atoms with Gasteiger partial charge in [0.25, 0.3) is 11.2 Å². The first kappa shape index (κ1) is 22.7. The molecule has 0 aliphatic rings. The number of hydrogen-bond donors (Lipinski definition) is 0. The van der Waals surface area contributed by atoms with Gasteiger partial charge in [0.05, 0.1) is 21.6 Å². The van der Waals surface area contributed by atoms with Gasteiger partial charge in [-0.2, -0.15) is 0 Å². The fourth-order valence-electron chi connectivity index (χ4n) is 3.43. The minimum Gasteiger partial charge on any atom is -0.420 e. The lowest BCUT2D eigenvalue weighted by Gasteiger charge is -2.12. The van der Waals surface area contributed by atoms with Crippen LogP contribution in [-0.4, -0.2) is 24.7 Å². The first-order valence-electron chi connectivity index (χ1n) is 10.8. The lowest BCUT2D eigenvalue weighted by atomic mass is 10.2. The second-order valence-corrected chi connectivity index (χ2v) is 8.47. The van der Waals surface area contributed by atoms with Crippen molar-refractivity contribution in [1.29, 1.82) is 0 Å². The summed E-state index contributed by atoms with van der Waals surface area (Å²) in [5.41, 5.74) is 1.21. The van der Waals surface area contributed by atoms with Gasteiger partial charge in [-0.3, -0.25) is 19.5 Å². The van der Waals surface area contributed by atoms with E-state index in [1.165, 1.54) is 23.9 Å². The number of nitrogens with zero attached hydrogens (tertiary/aromatic N) is 5. The number of benzene rings is 2. The number of nitro benzene ring substituents is 1. The Morgan fingerprint density at radius 2 is 1.85 bits per heavy atom. The van der Waals surface area contributed by atoms with Gasteiger partial charge in [0.15, 0.2) is 5.16 Å². The highest BCUT2D eigenvalue weighted by molar-refractivity contribution is 7.98. The third-order valence-corrected chi connectivity index (χ3v) is 6.14. The number of hydrogen-bond acceptors (Lipinski definition) is 8. The van der Waals surface area contributed by atoms with Gasteiger partial charge in [0, 0.05) is 24.2 Å². The zero-order chi connectivity index (χ0) is 23.2. The van der Waals surface area contributed by atoms with Crippen molar-refractivity contribution in [2.45, 2.75) is 50.1 Å². The van der Waals surface area contributed by atoms with Crippen LogP contribution in [0.2, 0.25) is 0 Å². The molecule has 0 radical (unpaired) electrons. The molecular formula is C23H23N5O4S. The van der Waals surface area contributed by atoms with Crippen LogP contribution in [0.3, 0.4) is 0 Å². The van der Waals surface area contributed by atoms with E-state index in [2.05, 4.69) is 17.1 Å². The summed E-state index contributed by atoms with van der Waals surface area (Å²) in [6, 6.07) is 13.3. The van der Waals surface area contributed by atoms with Crippen LogP contribution in [-0.2, 0) is 12.3 Å². The van der Waals surface area contributed by atoms with E-state index in [4.69, 9.17) is 9.40 Å². The lowest BCUT2D eigenvalue weighted by Crippen LogP contribution is -2.23. The summed E-state index contributed by atoms with van der Waals surface area (Å²) in [6.45, 7) is 2.76. The van der Waals surface area contributed by atoms with Crippen LogP contribution in [0.5, 0.6) is 0 Å². The Hall–Kier alpha value is -3.53. The molecule has 0 fully saturated rings. The minimum absolute atomic E-state index is 0.00618. The average Bonchev–Trinajstić information content (AvgIpc) is 3.31. The number of para-hydroxylation sites is 1. The van der Waals surface area contributed by atoms with E-state index in [1.54, 1.807) is 22.8 Å². The quantitative estimate of drug-likeness (QED) is 0.103. The molecule has 33 heavy (non-hydrogen) atoms. The molecule has 0 amide bonds. The second-order valence-electron chi connectivity index (χ2n) is 7.52. The van der Waals surface area contributed by atoms with Gasteiger partial charge in [-0.15, -0.1) is 10.2 Å². The summed E-state index contributed by atoms with van der Waals surface area (Å²) in [7, 11) is 0. The van der Waals surface area contributed by atoms with Gasteiger partial charge in [-0.25, -0.2) is 4.98 Å². The number of nitro groups is 1. The molecule has 2 heterocycles. The van der Waals surface area contributed by atoms with Crippen molar-refractivity contribution in [3.63, 3.8) is 0 Å². The summed E-state index contributed by atoms with van der Waals surface area (Å²) in [5.74, 6) is 1.01. The third kappa shape index (κ3) is 5.28. The molecule has 0 aliphatic carbocycles. The fraction of sp³-hybridized carbons (Fsp3) is 0.304. The summed E-state index contributed by atoms with van der Waals surface area (Å²) in [6.07, 6.45) is 4.22. The fourth-order valence-corrected chi connectivity index (χ4v) is 4.29. The maximum Gasteiger partial charge on any atom is 0.269 e. The molecule has 2 aromatic heterocycles. The molecule has 170 valence electrons. The largest absolute Gasteiger partial charge is 0.420 e. The predicted molar refractivity (Wildman–Crippen MR) is 126 cm³/mol. The number of thioether (sulfide) groups is 1. The van der Waals surface area contributed by atoms with Crippen molar-refractivity contribution in [1.82, 2.24) is 19.7 Å². The van der Waals surface area contributed by atoms with E-state index in [0.717, 1.165) is 25.7 Å². The number of fused-ring (bicyclic) bond motifs is 1. The molecule has 9 nitrogen and oxygen atoms in total. The van der Waals surface area contributed by atoms with Gasteiger partial charge >= 0.3 is 0 Å². The SMILES string of the molecule is CCCCCCn1c(SCc2nnc(-c3ccc([N+](=O)[O-])cc3)o2)nc2ccccc2c1=O. The Balaban J connectivity index is 1.54.